The summed E-state index contributed by atoms with van der Waals surface area (Å²) in [4.78, 5) is 32.2. The summed E-state index contributed by atoms with van der Waals surface area (Å²) in [5, 5.41) is 4.24. The maximum absolute atomic E-state index is 12.9. The number of hydrogen-bond acceptors (Lipinski definition) is 6. The number of aromatic amines is 1. The van der Waals surface area contributed by atoms with Crippen molar-refractivity contribution >= 4 is 39.0 Å². The van der Waals surface area contributed by atoms with Crippen molar-refractivity contribution in [2.24, 2.45) is 0 Å². The number of anilines is 1. The van der Waals surface area contributed by atoms with Crippen LogP contribution in [-0.2, 0) is 4.74 Å². The standard InChI is InChI=1S/C19H21N3O3S/c1-9-16(19(24)25-5)10(2)21-17(9)18(23)11(3)20-13-6-7-14-15(8-13)26-12(4)22-14/h6-8,11,20-21H,1-5H3/t11-/m0/s1. The molecular formula is C19H21N3O3S. The van der Waals surface area contributed by atoms with Crippen LogP contribution in [0.3, 0.4) is 0 Å². The summed E-state index contributed by atoms with van der Waals surface area (Å²) in [7, 11) is 1.33. The number of esters is 1. The van der Waals surface area contributed by atoms with Crippen LogP contribution in [0.2, 0.25) is 0 Å². The van der Waals surface area contributed by atoms with Crippen molar-refractivity contribution < 1.29 is 14.3 Å². The largest absolute Gasteiger partial charge is 0.465 e. The molecule has 1 aromatic carbocycles. The third kappa shape index (κ3) is 3.22. The second kappa shape index (κ2) is 6.92. The Morgan fingerprint density at radius 3 is 2.69 bits per heavy atom. The molecule has 0 unspecified atom stereocenters. The third-order valence-corrected chi connectivity index (χ3v) is 5.28. The number of Topliss-reactive ketones (excluding diaryl/α,β-unsaturated/α-hetero) is 1. The van der Waals surface area contributed by atoms with Crippen LogP contribution in [0.1, 0.15) is 44.0 Å². The predicted octanol–water partition coefficient (Wildman–Crippen LogP) is 4.02. The highest BCUT2D eigenvalue weighted by atomic mass is 32.1. The number of H-pyrrole nitrogens is 1. The van der Waals surface area contributed by atoms with Gasteiger partial charge in [0.1, 0.15) is 0 Å². The van der Waals surface area contributed by atoms with E-state index in [0.717, 1.165) is 20.9 Å². The van der Waals surface area contributed by atoms with Crippen LogP contribution >= 0.6 is 11.3 Å². The van der Waals surface area contributed by atoms with Gasteiger partial charge < -0.3 is 15.0 Å². The van der Waals surface area contributed by atoms with Gasteiger partial charge in [-0.3, -0.25) is 4.79 Å². The van der Waals surface area contributed by atoms with Crippen molar-refractivity contribution in [2.45, 2.75) is 33.7 Å². The number of rotatable bonds is 5. The lowest BCUT2D eigenvalue weighted by Crippen LogP contribution is -2.27. The quantitative estimate of drug-likeness (QED) is 0.523. The van der Waals surface area contributed by atoms with Crippen molar-refractivity contribution in [1.82, 2.24) is 9.97 Å². The lowest BCUT2D eigenvalue weighted by molar-refractivity contribution is 0.0599. The molecule has 136 valence electrons. The Balaban J connectivity index is 1.84. The van der Waals surface area contributed by atoms with E-state index in [4.69, 9.17) is 4.74 Å². The van der Waals surface area contributed by atoms with Crippen LogP contribution < -0.4 is 5.32 Å². The Morgan fingerprint density at radius 2 is 2.00 bits per heavy atom. The van der Waals surface area contributed by atoms with E-state index in [1.165, 1.54) is 7.11 Å². The van der Waals surface area contributed by atoms with Crippen molar-refractivity contribution in [3.05, 3.63) is 45.7 Å². The van der Waals surface area contributed by atoms with Gasteiger partial charge >= 0.3 is 5.97 Å². The van der Waals surface area contributed by atoms with E-state index >= 15 is 0 Å². The summed E-state index contributed by atoms with van der Waals surface area (Å²) < 4.78 is 5.88. The molecule has 0 saturated heterocycles. The van der Waals surface area contributed by atoms with Gasteiger partial charge in [-0.25, -0.2) is 9.78 Å². The summed E-state index contributed by atoms with van der Waals surface area (Å²) >= 11 is 1.62. The molecule has 1 atom stereocenters. The first-order chi connectivity index (χ1) is 12.3. The molecule has 3 aromatic rings. The second-order valence-electron chi connectivity index (χ2n) is 6.26. The van der Waals surface area contributed by atoms with Crippen molar-refractivity contribution in [3.63, 3.8) is 0 Å². The average Bonchev–Trinajstić information content (AvgIpc) is 3.11. The number of methoxy groups -OCH3 is 1. The highest BCUT2D eigenvalue weighted by Crippen LogP contribution is 2.26. The zero-order chi connectivity index (χ0) is 19.0. The molecule has 0 radical (unpaired) electrons. The molecule has 0 spiro atoms. The highest BCUT2D eigenvalue weighted by Gasteiger charge is 2.25. The number of carbonyl (C=O) groups is 2. The molecular weight excluding hydrogens is 350 g/mol. The molecule has 2 N–H and O–H groups in total. The van der Waals surface area contributed by atoms with E-state index in [0.29, 0.717) is 22.5 Å². The topological polar surface area (TPSA) is 84.1 Å². The van der Waals surface area contributed by atoms with E-state index in [1.807, 2.05) is 25.1 Å². The van der Waals surface area contributed by atoms with Gasteiger partial charge in [0.2, 0.25) is 5.78 Å². The maximum atomic E-state index is 12.9. The van der Waals surface area contributed by atoms with Gasteiger partial charge in [0, 0.05) is 11.4 Å². The number of ether oxygens (including phenoxy) is 1. The SMILES string of the molecule is COC(=O)c1c(C)[nH]c(C(=O)[C@H](C)Nc2ccc3nc(C)sc3c2)c1C. The third-order valence-electron chi connectivity index (χ3n) is 4.35. The summed E-state index contributed by atoms with van der Waals surface area (Å²) in [5.41, 5.74) is 3.90. The monoisotopic (exact) mass is 371 g/mol. The minimum Gasteiger partial charge on any atom is -0.465 e. The number of ketones is 1. The Hall–Kier alpha value is -2.67. The van der Waals surface area contributed by atoms with Crippen molar-refractivity contribution in [2.75, 3.05) is 12.4 Å². The molecule has 0 amide bonds. The zero-order valence-corrected chi connectivity index (χ0v) is 16.2. The molecule has 0 saturated carbocycles. The molecule has 0 aliphatic carbocycles. The van der Waals surface area contributed by atoms with E-state index < -0.39 is 12.0 Å². The van der Waals surface area contributed by atoms with Crippen LogP contribution in [-0.4, -0.2) is 34.9 Å². The molecule has 0 aliphatic rings. The lowest BCUT2D eigenvalue weighted by atomic mass is 10.0. The van der Waals surface area contributed by atoms with Gasteiger partial charge in [0.25, 0.3) is 0 Å². The van der Waals surface area contributed by atoms with Crippen LogP contribution in [0.25, 0.3) is 10.2 Å². The molecule has 2 aromatic heterocycles. The molecule has 26 heavy (non-hydrogen) atoms. The number of nitrogens with zero attached hydrogens (tertiary/aromatic N) is 1. The van der Waals surface area contributed by atoms with E-state index in [1.54, 1.807) is 32.1 Å². The van der Waals surface area contributed by atoms with Gasteiger partial charge in [-0.2, -0.15) is 0 Å². The van der Waals surface area contributed by atoms with Gasteiger partial charge in [-0.1, -0.05) is 0 Å². The number of benzene rings is 1. The summed E-state index contributed by atoms with van der Waals surface area (Å²) in [6.45, 7) is 7.28. The average molecular weight is 371 g/mol. The molecule has 6 nitrogen and oxygen atoms in total. The van der Waals surface area contributed by atoms with Crippen molar-refractivity contribution in [3.8, 4) is 0 Å². The first-order valence-electron chi connectivity index (χ1n) is 8.27. The van der Waals surface area contributed by atoms with E-state index in [-0.39, 0.29) is 5.78 Å². The number of fused-ring (bicyclic) bond motifs is 1. The van der Waals surface area contributed by atoms with Gasteiger partial charge in [0.05, 0.1) is 39.6 Å². The lowest BCUT2D eigenvalue weighted by Gasteiger charge is -2.14. The molecule has 7 heteroatoms. The van der Waals surface area contributed by atoms with E-state index in [2.05, 4.69) is 15.3 Å². The Bertz CT molecular complexity index is 1000. The fourth-order valence-corrected chi connectivity index (χ4v) is 3.93. The predicted molar refractivity (Wildman–Crippen MR) is 103 cm³/mol. The fourth-order valence-electron chi connectivity index (χ4n) is 3.07. The first kappa shape index (κ1) is 18.1. The van der Waals surface area contributed by atoms with Crippen molar-refractivity contribution in [1.29, 1.82) is 0 Å². The normalized spacial score (nSPS) is 12.2. The Labute approximate surface area is 155 Å². The Morgan fingerprint density at radius 1 is 1.27 bits per heavy atom. The summed E-state index contributed by atoms with van der Waals surface area (Å²) in [6.07, 6.45) is 0. The number of aromatic nitrogens is 2. The van der Waals surface area contributed by atoms with Gasteiger partial charge in [-0.05, 0) is 51.5 Å². The molecule has 3 rings (SSSR count). The first-order valence-corrected chi connectivity index (χ1v) is 9.09. The van der Waals surface area contributed by atoms with E-state index in [9.17, 15) is 9.59 Å². The van der Waals surface area contributed by atoms with Crippen LogP contribution in [0, 0.1) is 20.8 Å². The fraction of sp³-hybridized carbons (Fsp3) is 0.316. The minimum atomic E-state index is -0.455. The number of hydrogen-bond donors (Lipinski definition) is 2. The highest BCUT2D eigenvalue weighted by molar-refractivity contribution is 7.18. The van der Waals surface area contributed by atoms with Crippen LogP contribution in [0.5, 0.6) is 0 Å². The maximum Gasteiger partial charge on any atom is 0.339 e. The second-order valence-corrected chi connectivity index (χ2v) is 7.50. The number of thiazole rings is 1. The summed E-state index contributed by atoms with van der Waals surface area (Å²) in [5.74, 6) is -0.553. The molecule has 0 aliphatic heterocycles. The smallest absolute Gasteiger partial charge is 0.339 e. The summed E-state index contributed by atoms with van der Waals surface area (Å²) in [6, 6.07) is 5.40. The molecule has 0 fully saturated rings. The van der Waals surface area contributed by atoms with Gasteiger partial charge in [-0.15, -0.1) is 11.3 Å². The van der Waals surface area contributed by atoms with Crippen LogP contribution in [0.4, 0.5) is 5.69 Å². The number of nitrogens with one attached hydrogen (secondary N) is 2. The van der Waals surface area contributed by atoms with Crippen LogP contribution in [0.15, 0.2) is 18.2 Å². The van der Waals surface area contributed by atoms with Gasteiger partial charge in [0.15, 0.2) is 0 Å². The minimum absolute atomic E-state index is 0.110. The number of aryl methyl sites for hydroxylation is 2. The number of carbonyl (C=O) groups excluding carboxylic acids is 2. The zero-order valence-electron chi connectivity index (χ0n) is 15.4. The molecule has 0 bridgehead atoms. The Kier molecular flexibility index (Phi) is 4.82. The molecule has 2 heterocycles.